The number of fused-ring (bicyclic) bond motifs is 1. The van der Waals surface area contributed by atoms with Crippen LogP contribution in [0.15, 0.2) is 41.3 Å². The van der Waals surface area contributed by atoms with E-state index in [1.807, 2.05) is 0 Å². The Balaban J connectivity index is 1.74. The van der Waals surface area contributed by atoms with Crippen molar-refractivity contribution in [1.82, 2.24) is 20.2 Å². The van der Waals surface area contributed by atoms with E-state index in [-0.39, 0.29) is 42.5 Å². The Morgan fingerprint density at radius 1 is 1.20 bits per heavy atom. The molecule has 1 fully saturated rings. The molecule has 1 aliphatic carbocycles. The summed E-state index contributed by atoms with van der Waals surface area (Å²) in [5.74, 6) is -1.60. The van der Waals surface area contributed by atoms with Crippen LogP contribution < -0.4 is 16.2 Å². The molecule has 184 valence electrons. The fraction of sp³-hybridized carbons (Fsp3) is 0.360. The summed E-state index contributed by atoms with van der Waals surface area (Å²) < 4.78 is 19.3. The van der Waals surface area contributed by atoms with E-state index in [0.29, 0.717) is 24.4 Å². The highest BCUT2D eigenvalue weighted by Crippen LogP contribution is 2.28. The number of amides is 2. The average molecular weight is 483 g/mol. The van der Waals surface area contributed by atoms with Crippen LogP contribution in [0.1, 0.15) is 34.3 Å². The lowest BCUT2D eigenvalue weighted by atomic mass is 10.1. The van der Waals surface area contributed by atoms with E-state index in [2.05, 4.69) is 15.6 Å². The lowest BCUT2D eigenvalue weighted by molar-refractivity contribution is -0.121. The van der Waals surface area contributed by atoms with E-state index in [0.717, 1.165) is 23.0 Å². The van der Waals surface area contributed by atoms with Crippen molar-refractivity contribution in [3.63, 3.8) is 0 Å². The molecule has 4 rings (SSSR count). The number of pyridine rings is 2. The lowest BCUT2D eigenvalue weighted by Gasteiger charge is -2.15. The summed E-state index contributed by atoms with van der Waals surface area (Å²) in [6, 6.07) is 7.63. The Bertz CT molecular complexity index is 1300. The quantitative estimate of drug-likeness (QED) is 0.379. The number of carbonyl (C=O) groups excluding carboxylic acids is 2. The second-order valence-corrected chi connectivity index (χ2v) is 8.63. The molecule has 0 radical (unpaired) electrons. The van der Waals surface area contributed by atoms with Crippen molar-refractivity contribution >= 4 is 22.8 Å². The van der Waals surface area contributed by atoms with Gasteiger partial charge >= 0.3 is 0 Å². The van der Waals surface area contributed by atoms with Gasteiger partial charge in [0.1, 0.15) is 23.4 Å². The van der Waals surface area contributed by atoms with Crippen LogP contribution in [0.4, 0.5) is 4.39 Å². The topological polar surface area (TPSA) is 123 Å². The van der Waals surface area contributed by atoms with Crippen LogP contribution in [0.5, 0.6) is 5.75 Å². The van der Waals surface area contributed by atoms with E-state index in [1.165, 1.54) is 25.4 Å². The minimum atomic E-state index is -0.799. The van der Waals surface area contributed by atoms with Gasteiger partial charge in [0.2, 0.25) is 5.91 Å². The number of hydrogen-bond donors (Lipinski definition) is 3. The summed E-state index contributed by atoms with van der Waals surface area (Å²) in [6.07, 6.45) is 4.03. The number of nitrogens with zero attached hydrogens (tertiary/aromatic N) is 2. The zero-order valence-electron chi connectivity index (χ0n) is 19.3. The van der Waals surface area contributed by atoms with E-state index in [4.69, 9.17) is 4.74 Å². The summed E-state index contributed by atoms with van der Waals surface area (Å²) >= 11 is 0. The fourth-order valence-corrected chi connectivity index (χ4v) is 3.78. The van der Waals surface area contributed by atoms with Crippen LogP contribution in [-0.2, 0) is 22.5 Å². The predicted molar refractivity (Wildman–Crippen MR) is 127 cm³/mol. The smallest absolute Gasteiger partial charge is 0.268 e. The summed E-state index contributed by atoms with van der Waals surface area (Å²) in [6.45, 7) is 0.561. The van der Waals surface area contributed by atoms with E-state index < -0.39 is 22.8 Å². The zero-order valence-corrected chi connectivity index (χ0v) is 19.3. The standard InChI is InChI=1S/C25H27FN4O5/c1-35-9-8-27-24(33)21-23(32)22-19(30(25(21)34)14-20(31)28-12-16-2-3-16)11-17(13-29-22)10-15-4-6-18(26)7-5-15/h4-7,11,13,16,32H,2-3,8-10,12,14H2,1H3,(H,27,33)(H,28,31). The number of aromatic hydroxyl groups is 1. The maximum atomic E-state index is 13.3. The molecule has 10 heteroatoms. The van der Waals surface area contributed by atoms with Crippen LogP contribution in [0.25, 0.3) is 11.0 Å². The van der Waals surface area contributed by atoms with Gasteiger partial charge in [-0.2, -0.15) is 0 Å². The molecule has 1 saturated carbocycles. The van der Waals surface area contributed by atoms with E-state index in [1.54, 1.807) is 18.2 Å². The van der Waals surface area contributed by atoms with Crippen molar-refractivity contribution in [1.29, 1.82) is 0 Å². The summed E-state index contributed by atoms with van der Waals surface area (Å²) in [4.78, 5) is 43.0. The Morgan fingerprint density at radius 2 is 1.94 bits per heavy atom. The van der Waals surface area contributed by atoms with Crippen LogP contribution in [0.3, 0.4) is 0 Å². The molecular weight excluding hydrogens is 455 g/mol. The minimum absolute atomic E-state index is 0.0272. The first-order chi connectivity index (χ1) is 16.9. The first kappa shape index (κ1) is 24.3. The highest BCUT2D eigenvalue weighted by atomic mass is 19.1. The van der Waals surface area contributed by atoms with Crippen LogP contribution in [0, 0.1) is 11.7 Å². The molecular formula is C25H27FN4O5. The zero-order chi connectivity index (χ0) is 24.9. The molecule has 0 unspecified atom stereocenters. The maximum Gasteiger partial charge on any atom is 0.268 e. The third-order valence-corrected chi connectivity index (χ3v) is 5.86. The Morgan fingerprint density at radius 3 is 2.63 bits per heavy atom. The van der Waals surface area contributed by atoms with E-state index in [9.17, 15) is 23.9 Å². The molecule has 0 saturated heterocycles. The van der Waals surface area contributed by atoms with Crippen molar-refractivity contribution in [3.05, 3.63) is 69.4 Å². The van der Waals surface area contributed by atoms with Gasteiger partial charge in [-0.25, -0.2) is 4.39 Å². The van der Waals surface area contributed by atoms with E-state index >= 15 is 0 Å². The summed E-state index contributed by atoms with van der Waals surface area (Å²) in [5.41, 5.74) is 0.477. The number of aromatic nitrogens is 2. The van der Waals surface area contributed by atoms with Gasteiger partial charge < -0.3 is 20.5 Å². The van der Waals surface area contributed by atoms with Gasteiger partial charge in [0.05, 0.1) is 12.1 Å². The number of rotatable bonds is 10. The number of halogens is 1. The number of nitrogens with one attached hydrogen (secondary N) is 2. The van der Waals surface area contributed by atoms with Gasteiger partial charge in [0.15, 0.2) is 5.75 Å². The fourth-order valence-electron chi connectivity index (χ4n) is 3.78. The second-order valence-electron chi connectivity index (χ2n) is 8.63. The van der Waals surface area contributed by atoms with Crippen LogP contribution in [0.2, 0.25) is 0 Å². The largest absolute Gasteiger partial charge is 0.505 e. The third-order valence-electron chi connectivity index (χ3n) is 5.86. The molecule has 3 N–H and O–H groups in total. The van der Waals surface area contributed by atoms with Crippen molar-refractivity contribution in [2.75, 3.05) is 26.8 Å². The number of carbonyl (C=O) groups is 2. The molecule has 0 aliphatic heterocycles. The first-order valence-corrected chi connectivity index (χ1v) is 11.4. The molecule has 2 heterocycles. The van der Waals surface area contributed by atoms with Gasteiger partial charge in [-0.05, 0) is 54.5 Å². The Labute approximate surface area is 200 Å². The molecule has 0 spiro atoms. The molecule has 1 aromatic carbocycles. The number of ether oxygens (including phenoxy) is 1. The minimum Gasteiger partial charge on any atom is -0.505 e. The summed E-state index contributed by atoms with van der Waals surface area (Å²) in [5, 5.41) is 16.1. The van der Waals surface area contributed by atoms with Crippen molar-refractivity contribution in [2.24, 2.45) is 5.92 Å². The highest BCUT2D eigenvalue weighted by molar-refractivity contribution is 6.01. The Hall–Kier alpha value is -3.79. The second kappa shape index (κ2) is 10.6. The van der Waals surface area contributed by atoms with Gasteiger partial charge in [-0.1, -0.05) is 12.1 Å². The number of methoxy groups -OCH3 is 1. The number of hydrogen-bond acceptors (Lipinski definition) is 6. The number of benzene rings is 1. The monoisotopic (exact) mass is 482 g/mol. The molecule has 0 bridgehead atoms. The maximum absolute atomic E-state index is 13.3. The SMILES string of the molecule is COCCNC(=O)c1c(O)c2ncc(Cc3ccc(F)cc3)cc2n(CC(=O)NCC2CC2)c1=O. The molecule has 9 nitrogen and oxygen atoms in total. The van der Waals surface area contributed by atoms with Crippen molar-refractivity contribution in [3.8, 4) is 5.75 Å². The van der Waals surface area contributed by atoms with Gasteiger partial charge in [0.25, 0.3) is 11.5 Å². The van der Waals surface area contributed by atoms with Gasteiger partial charge in [-0.3, -0.25) is 23.9 Å². The first-order valence-electron chi connectivity index (χ1n) is 11.4. The highest BCUT2D eigenvalue weighted by Gasteiger charge is 2.25. The lowest BCUT2D eigenvalue weighted by Crippen LogP contribution is -2.38. The van der Waals surface area contributed by atoms with Gasteiger partial charge in [-0.15, -0.1) is 0 Å². The third kappa shape index (κ3) is 5.83. The molecule has 2 amide bonds. The van der Waals surface area contributed by atoms with Crippen molar-refractivity contribution < 1.29 is 23.8 Å². The van der Waals surface area contributed by atoms with Crippen LogP contribution in [-0.4, -0.2) is 53.3 Å². The normalized spacial score (nSPS) is 13.1. The predicted octanol–water partition coefficient (Wildman–Crippen LogP) is 1.73. The van der Waals surface area contributed by atoms with Gasteiger partial charge in [0, 0.05) is 26.4 Å². The molecule has 0 atom stereocenters. The van der Waals surface area contributed by atoms with Crippen molar-refractivity contribution in [2.45, 2.75) is 25.8 Å². The summed E-state index contributed by atoms with van der Waals surface area (Å²) in [7, 11) is 1.47. The molecule has 1 aliphatic rings. The molecule has 3 aromatic rings. The molecule has 2 aromatic heterocycles. The van der Waals surface area contributed by atoms with Crippen LogP contribution >= 0.6 is 0 Å². The Kier molecular flexibility index (Phi) is 7.40. The average Bonchev–Trinajstić information content (AvgIpc) is 3.67. The molecule has 35 heavy (non-hydrogen) atoms.